The maximum Gasteiger partial charge on any atom is 0.0834 e. The predicted octanol–water partition coefficient (Wildman–Crippen LogP) is 4.53. The lowest BCUT2D eigenvalue weighted by Crippen LogP contribution is -2.54. The lowest BCUT2D eigenvalue weighted by atomic mass is 9.76. The largest absolute Gasteiger partial charge is 0.374 e. The fourth-order valence-corrected chi connectivity index (χ4v) is 3.40. The molecule has 0 heterocycles. The molecule has 1 aliphatic carbocycles. The Morgan fingerprint density at radius 1 is 1.11 bits per heavy atom. The van der Waals surface area contributed by atoms with Gasteiger partial charge in [0, 0.05) is 12.6 Å². The van der Waals surface area contributed by atoms with Crippen molar-refractivity contribution >= 4 is 0 Å². The molecule has 0 spiro atoms. The van der Waals surface area contributed by atoms with Crippen molar-refractivity contribution in [2.24, 2.45) is 5.92 Å². The average molecular weight is 269 g/mol. The molecule has 114 valence electrons. The average Bonchev–Trinajstić information content (AvgIpc) is 2.44. The lowest BCUT2D eigenvalue weighted by Gasteiger charge is -2.44. The summed E-state index contributed by atoms with van der Waals surface area (Å²) in [5.74, 6) is 0.786. The molecule has 0 aromatic heterocycles. The van der Waals surface area contributed by atoms with Crippen molar-refractivity contribution in [2.75, 3.05) is 13.2 Å². The van der Waals surface area contributed by atoms with Crippen molar-refractivity contribution in [1.82, 2.24) is 5.32 Å². The molecule has 19 heavy (non-hydrogen) atoms. The topological polar surface area (TPSA) is 21.3 Å². The van der Waals surface area contributed by atoms with Gasteiger partial charge in [0.25, 0.3) is 0 Å². The first-order chi connectivity index (χ1) is 9.18. The van der Waals surface area contributed by atoms with E-state index in [1.54, 1.807) is 0 Å². The molecule has 0 radical (unpaired) electrons. The summed E-state index contributed by atoms with van der Waals surface area (Å²) in [6.07, 6.45) is 10.3. The number of hydrogen-bond acceptors (Lipinski definition) is 2. The quantitative estimate of drug-likeness (QED) is 0.664. The summed E-state index contributed by atoms with van der Waals surface area (Å²) in [7, 11) is 0. The summed E-state index contributed by atoms with van der Waals surface area (Å²) >= 11 is 0. The van der Waals surface area contributed by atoms with Crippen LogP contribution < -0.4 is 5.32 Å². The van der Waals surface area contributed by atoms with Gasteiger partial charge in [0.05, 0.1) is 5.60 Å². The molecule has 0 bridgehead atoms. The van der Waals surface area contributed by atoms with Gasteiger partial charge < -0.3 is 10.1 Å². The molecule has 1 rings (SSSR count). The third kappa shape index (κ3) is 5.07. The second-order valence-electron chi connectivity index (χ2n) is 6.31. The van der Waals surface area contributed by atoms with E-state index in [4.69, 9.17) is 4.74 Å². The molecule has 1 fully saturated rings. The smallest absolute Gasteiger partial charge is 0.0834 e. The van der Waals surface area contributed by atoms with E-state index in [1.165, 1.54) is 51.4 Å². The van der Waals surface area contributed by atoms with Gasteiger partial charge >= 0.3 is 0 Å². The van der Waals surface area contributed by atoms with Gasteiger partial charge in [-0.25, -0.2) is 0 Å². The number of hydrogen-bond donors (Lipinski definition) is 1. The van der Waals surface area contributed by atoms with Crippen molar-refractivity contribution in [3.8, 4) is 0 Å². The molecular formula is C17H35NO. The fourth-order valence-electron chi connectivity index (χ4n) is 3.40. The predicted molar refractivity (Wildman–Crippen MR) is 83.6 cm³/mol. The summed E-state index contributed by atoms with van der Waals surface area (Å²) in [6, 6.07) is 0.544. The SMILES string of the molecule is CCCNC(CC(C)CC)C1(OCC)CCCCC1. The summed E-state index contributed by atoms with van der Waals surface area (Å²) < 4.78 is 6.31. The van der Waals surface area contributed by atoms with Crippen LogP contribution in [0.4, 0.5) is 0 Å². The number of rotatable bonds is 9. The van der Waals surface area contributed by atoms with Crippen LogP contribution in [-0.2, 0) is 4.74 Å². The van der Waals surface area contributed by atoms with Crippen molar-refractivity contribution in [2.45, 2.75) is 90.7 Å². The number of nitrogens with one attached hydrogen (secondary N) is 1. The standard InChI is InChI=1S/C17H35NO/c1-5-13-18-16(14-15(4)6-2)17(19-7-3)11-9-8-10-12-17/h15-16,18H,5-14H2,1-4H3. The molecule has 1 saturated carbocycles. The van der Waals surface area contributed by atoms with E-state index in [2.05, 4.69) is 33.0 Å². The zero-order chi connectivity index (χ0) is 14.1. The maximum absolute atomic E-state index is 6.31. The second kappa shape index (κ2) is 8.97. The van der Waals surface area contributed by atoms with E-state index >= 15 is 0 Å². The third-order valence-corrected chi connectivity index (χ3v) is 4.74. The number of ether oxygens (including phenoxy) is 1. The first kappa shape index (κ1) is 17.0. The van der Waals surface area contributed by atoms with Gasteiger partial charge in [0.15, 0.2) is 0 Å². The van der Waals surface area contributed by atoms with Crippen LogP contribution in [-0.4, -0.2) is 24.8 Å². The summed E-state index contributed by atoms with van der Waals surface area (Å²) in [6.45, 7) is 11.1. The van der Waals surface area contributed by atoms with Gasteiger partial charge in [-0.1, -0.05) is 46.5 Å². The summed E-state index contributed by atoms with van der Waals surface area (Å²) in [5, 5.41) is 3.80. The normalized spacial score (nSPS) is 22.1. The summed E-state index contributed by atoms with van der Waals surface area (Å²) in [5.41, 5.74) is 0.117. The van der Waals surface area contributed by atoms with E-state index in [1.807, 2.05) is 0 Å². The van der Waals surface area contributed by atoms with Crippen LogP contribution in [0.1, 0.15) is 79.1 Å². The molecule has 1 N–H and O–H groups in total. The molecule has 1 aliphatic rings. The second-order valence-corrected chi connectivity index (χ2v) is 6.31. The van der Waals surface area contributed by atoms with Crippen molar-refractivity contribution < 1.29 is 4.74 Å². The van der Waals surface area contributed by atoms with Crippen LogP contribution in [0.3, 0.4) is 0 Å². The van der Waals surface area contributed by atoms with E-state index in [0.29, 0.717) is 6.04 Å². The van der Waals surface area contributed by atoms with Gasteiger partial charge in [-0.3, -0.25) is 0 Å². The van der Waals surface area contributed by atoms with Gasteiger partial charge in [-0.2, -0.15) is 0 Å². The highest BCUT2D eigenvalue weighted by Crippen LogP contribution is 2.37. The van der Waals surface area contributed by atoms with E-state index in [-0.39, 0.29) is 5.60 Å². The van der Waals surface area contributed by atoms with Crippen LogP contribution in [0.25, 0.3) is 0 Å². The van der Waals surface area contributed by atoms with Crippen LogP contribution in [0.15, 0.2) is 0 Å². The Kier molecular flexibility index (Phi) is 8.01. The van der Waals surface area contributed by atoms with E-state index in [9.17, 15) is 0 Å². The van der Waals surface area contributed by atoms with E-state index < -0.39 is 0 Å². The highest BCUT2D eigenvalue weighted by molar-refractivity contribution is 4.96. The summed E-state index contributed by atoms with van der Waals surface area (Å²) in [4.78, 5) is 0. The monoisotopic (exact) mass is 269 g/mol. The minimum atomic E-state index is 0.117. The zero-order valence-corrected chi connectivity index (χ0v) is 13.6. The Hall–Kier alpha value is -0.0800. The molecule has 0 amide bonds. The van der Waals surface area contributed by atoms with Crippen molar-refractivity contribution in [3.05, 3.63) is 0 Å². The maximum atomic E-state index is 6.31. The van der Waals surface area contributed by atoms with Gasteiger partial charge in [0.1, 0.15) is 0 Å². The molecule has 0 aliphatic heterocycles. The van der Waals surface area contributed by atoms with Gasteiger partial charge in [-0.15, -0.1) is 0 Å². The van der Waals surface area contributed by atoms with E-state index in [0.717, 1.165) is 19.1 Å². The molecular weight excluding hydrogens is 234 g/mol. The molecule has 0 saturated heterocycles. The Morgan fingerprint density at radius 2 is 1.79 bits per heavy atom. The molecule has 0 aromatic rings. The molecule has 2 unspecified atom stereocenters. The van der Waals surface area contributed by atoms with Crippen molar-refractivity contribution in [3.63, 3.8) is 0 Å². The highest BCUT2D eigenvalue weighted by atomic mass is 16.5. The molecule has 2 atom stereocenters. The van der Waals surface area contributed by atoms with Gasteiger partial charge in [-0.05, 0) is 45.1 Å². The minimum Gasteiger partial charge on any atom is -0.374 e. The van der Waals surface area contributed by atoms with Crippen molar-refractivity contribution in [1.29, 1.82) is 0 Å². The van der Waals surface area contributed by atoms with Crippen LogP contribution in [0, 0.1) is 5.92 Å². The molecule has 2 nitrogen and oxygen atoms in total. The fraction of sp³-hybridized carbons (Fsp3) is 1.00. The molecule has 2 heteroatoms. The highest BCUT2D eigenvalue weighted by Gasteiger charge is 2.40. The first-order valence-electron chi connectivity index (χ1n) is 8.55. The Balaban J connectivity index is 2.75. The van der Waals surface area contributed by atoms with Crippen LogP contribution >= 0.6 is 0 Å². The Bertz CT molecular complexity index is 218. The third-order valence-electron chi connectivity index (χ3n) is 4.74. The molecule has 0 aromatic carbocycles. The van der Waals surface area contributed by atoms with Crippen LogP contribution in [0.2, 0.25) is 0 Å². The lowest BCUT2D eigenvalue weighted by molar-refractivity contribution is -0.0939. The van der Waals surface area contributed by atoms with Gasteiger partial charge in [0.2, 0.25) is 0 Å². The van der Waals surface area contributed by atoms with Crippen LogP contribution in [0.5, 0.6) is 0 Å². The Morgan fingerprint density at radius 3 is 2.32 bits per heavy atom. The zero-order valence-electron chi connectivity index (χ0n) is 13.6. The first-order valence-corrected chi connectivity index (χ1v) is 8.55. The Labute approximate surface area is 120 Å². The minimum absolute atomic E-state index is 0.117.